The molecule has 0 aromatic heterocycles. The molecule has 27 heteroatoms. The van der Waals surface area contributed by atoms with E-state index >= 15 is 0 Å². The number of allylic oxidation sites excluding steroid dienone is 3. The van der Waals surface area contributed by atoms with Crippen molar-refractivity contribution < 1.29 is 71.9 Å². The van der Waals surface area contributed by atoms with Crippen molar-refractivity contribution in [3.63, 3.8) is 0 Å². The molecule has 0 spiro atoms. The van der Waals surface area contributed by atoms with Crippen LogP contribution in [0.2, 0.25) is 5.02 Å². The topological polar surface area (TPSA) is 329 Å². The van der Waals surface area contributed by atoms with Crippen LogP contribution in [0.1, 0.15) is 91.5 Å². The predicted octanol–water partition coefficient (Wildman–Crippen LogP) is 6.27. The average Bonchev–Trinajstić information content (AvgIpc) is 1.86. The number of unbranched alkanes of at least 4 members (excludes halogenated alkanes) is 2. The van der Waals surface area contributed by atoms with Crippen LogP contribution in [-0.2, 0) is 49.3 Å². The number of benzene rings is 2. The number of hydrogen-bond donors (Lipinski definition) is 9. The number of carbonyl (C=O) groups excluding carboxylic acids is 8. The Kier molecular flexibility index (Phi) is 25.7. The highest BCUT2D eigenvalue weighted by Crippen LogP contribution is 2.49. The summed E-state index contributed by atoms with van der Waals surface area (Å²) in [7, 11) is 5.73. The summed E-state index contributed by atoms with van der Waals surface area (Å²) < 4.78 is 35.1. The van der Waals surface area contributed by atoms with E-state index in [1.165, 1.54) is 51.5 Å². The number of nitrogens with one attached hydrogen (secondary N) is 7. The van der Waals surface area contributed by atoms with E-state index in [1.54, 1.807) is 52.0 Å². The summed E-state index contributed by atoms with van der Waals surface area (Å²) in [5.74, 6) is -2.77. The lowest BCUT2D eigenvalue weighted by atomic mass is 9.83. The fourth-order valence-electron chi connectivity index (χ4n) is 9.96. The first-order valence-corrected chi connectivity index (χ1v) is 30.2. The molecule has 4 bridgehead atoms. The van der Waals surface area contributed by atoms with E-state index in [9.17, 15) is 43.5 Å². The number of urea groups is 1. The summed E-state index contributed by atoms with van der Waals surface area (Å²) in [4.78, 5) is 107. The maximum Gasteiger partial charge on any atom is 0.412 e. The van der Waals surface area contributed by atoms with Gasteiger partial charge < -0.3 is 75.5 Å². The molecule has 9 atom stereocenters. The van der Waals surface area contributed by atoms with E-state index in [4.69, 9.17) is 45.8 Å². The van der Waals surface area contributed by atoms with Crippen molar-refractivity contribution >= 4 is 109 Å². The number of fused-ring (bicyclic) bond motifs is 5. The van der Waals surface area contributed by atoms with Crippen molar-refractivity contribution in [2.24, 2.45) is 17.6 Å². The van der Waals surface area contributed by atoms with Crippen molar-refractivity contribution in [3.05, 3.63) is 64.7 Å². The Labute approximate surface area is 511 Å². The molecule has 10 N–H and O–H groups in total. The molecule has 0 radical (unpaired) electrons. The molecule has 2 aromatic rings. The number of aliphatic hydroxyl groups is 1. The zero-order chi connectivity index (χ0) is 62.1. The molecule has 3 heterocycles. The summed E-state index contributed by atoms with van der Waals surface area (Å²) in [5.41, 5.74) is 3.52. The second-order valence-electron chi connectivity index (χ2n) is 21.8. The first-order chi connectivity index (χ1) is 39.8. The number of alkyl halides is 2. The standard InChI is InChI=1S/C57H80Br2ClN9O15/c1-32(2)48(67-45(71)18-11-10-12-22-63-56(29-58,30-59)31-70)51(74)66-38(16-14-21-62-52(61)75)50(73)65-37-20-19-36(26-40(37)79-7)64-53(76)83-44-27-46(72)69(6)39-24-35(25-41(80-8)47(39)60)23-33(3)15-13-17-43(81-9)57(78)28-42(82-54(77)68-57)34(4)49-55(44,5)84-49/h13,15,17,19-20,24-26,31-32,34,38,42-44,48-49,63,78H,10-12,14,16,18,21-23,27-30H2,1-9H3,(H,64,76)(H,65,73)(H,66,74)(H,67,71)(H,68,77)(H3,61,62,75)/b17-13+,33-15+/t34-,38+,42+,43-,44+,48+,49+,55+,57+/m1/s1. The Balaban J connectivity index is 1.34. The van der Waals surface area contributed by atoms with Crippen LogP contribution >= 0.6 is 43.5 Å². The van der Waals surface area contributed by atoms with Crippen LogP contribution in [0.25, 0.3) is 0 Å². The third-order valence-electron chi connectivity index (χ3n) is 15.0. The van der Waals surface area contributed by atoms with Crippen LogP contribution in [0.4, 0.5) is 31.4 Å². The SMILES string of the molecule is COc1cc(NC(=O)O[C@H]2CC(=O)N(C)c3cc(cc(OC)c3Cl)C/C(C)=C/C=C/[C@@H](OC)[C@@]3(O)C[C@H](OC(=O)N3)[C@@H](C)[C@@H]3O[C@@]23C)ccc1NC(=O)[C@H](CCCNC(N)=O)NC(=O)[C@@H](NC(=O)CCCCCNC(C=O)(CBr)CBr)C(C)C. The van der Waals surface area contributed by atoms with E-state index < -0.39 is 102 Å². The predicted molar refractivity (Wildman–Crippen MR) is 323 cm³/mol. The van der Waals surface area contributed by atoms with Gasteiger partial charge in [-0.3, -0.25) is 29.8 Å². The number of nitrogens with zero attached hydrogens (tertiary/aromatic N) is 1. The number of nitrogens with two attached hydrogens (primary N) is 1. The number of primary amides is 1. The van der Waals surface area contributed by atoms with Gasteiger partial charge in [0.2, 0.25) is 23.6 Å². The van der Waals surface area contributed by atoms with Gasteiger partial charge in [0.05, 0.1) is 43.7 Å². The monoisotopic (exact) mass is 1320 g/mol. The van der Waals surface area contributed by atoms with Crippen LogP contribution in [0.5, 0.6) is 11.5 Å². The van der Waals surface area contributed by atoms with E-state index in [0.29, 0.717) is 54.3 Å². The molecule has 8 amide bonds. The average molecular weight is 1330 g/mol. The maximum atomic E-state index is 14.5. The molecule has 2 fully saturated rings. The van der Waals surface area contributed by atoms with Gasteiger partial charge in [-0.25, -0.2) is 14.4 Å². The van der Waals surface area contributed by atoms with E-state index in [1.807, 2.05) is 13.0 Å². The molecule has 24 nitrogen and oxygen atoms in total. The first-order valence-electron chi connectivity index (χ1n) is 27.6. The van der Waals surface area contributed by atoms with E-state index in [2.05, 4.69) is 69.1 Å². The van der Waals surface area contributed by atoms with Gasteiger partial charge >= 0.3 is 18.2 Å². The number of carbonyl (C=O) groups is 8. The molecular formula is C57H80Br2ClN9O15. The van der Waals surface area contributed by atoms with Gasteiger partial charge in [0.1, 0.15) is 58.8 Å². The number of methoxy groups -OCH3 is 3. The number of epoxide rings is 1. The quantitative estimate of drug-likeness (QED) is 0.0229. The van der Waals surface area contributed by atoms with Crippen LogP contribution in [-0.4, -0.2) is 159 Å². The largest absolute Gasteiger partial charge is 0.495 e. The minimum Gasteiger partial charge on any atom is -0.495 e. The van der Waals surface area contributed by atoms with Crippen molar-refractivity contribution in [3.8, 4) is 11.5 Å². The molecule has 2 saturated heterocycles. The Morgan fingerprint density at radius 3 is 2.35 bits per heavy atom. The Morgan fingerprint density at radius 1 is 0.988 bits per heavy atom. The van der Waals surface area contributed by atoms with Crippen LogP contribution in [0.15, 0.2) is 54.1 Å². The highest BCUT2D eigenvalue weighted by molar-refractivity contribution is 9.10. The summed E-state index contributed by atoms with van der Waals surface area (Å²) in [6, 6.07) is 4.86. The smallest absolute Gasteiger partial charge is 0.412 e. The summed E-state index contributed by atoms with van der Waals surface area (Å²) in [6.45, 7) is 9.47. The third-order valence-corrected chi connectivity index (χ3v) is 17.4. The lowest BCUT2D eigenvalue weighted by Crippen LogP contribution is -2.63. The minimum absolute atomic E-state index is 0.0394. The maximum absolute atomic E-state index is 14.5. The zero-order valence-corrected chi connectivity index (χ0v) is 52.8. The van der Waals surface area contributed by atoms with Crippen molar-refractivity contribution in [2.45, 2.75) is 146 Å². The van der Waals surface area contributed by atoms with Crippen LogP contribution < -0.4 is 57.3 Å². The van der Waals surface area contributed by atoms with Gasteiger partial charge in [0.25, 0.3) is 0 Å². The second-order valence-corrected chi connectivity index (χ2v) is 23.3. The normalized spacial score (nSPS) is 24.3. The number of alkyl carbamates (subject to hydrolysis) is 1. The van der Waals surface area contributed by atoms with Crippen LogP contribution in [0, 0.1) is 11.8 Å². The summed E-state index contributed by atoms with van der Waals surface area (Å²) in [6.07, 6.45) is 2.30. The molecule has 0 aliphatic carbocycles. The summed E-state index contributed by atoms with van der Waals surface area (Å²) in [5, 5.41) is 32.2. The number of amides is 8. The number of halogens is 3. The lowest BCUT2D eigenvalue weighted by molar-refractivity contribution is -0.142. The molecular weight excluding hydrogens is 1250 g/mol. The first kappa shape index (κ1) is 68.7. The second kappa shape index (κ2) is 31.4. The van der Waals surface area contributed by atoms with Gasteiger partial charge in [-0.15, -0.1) is 0 Å². The van der Waals surface area contributed by atoms with Crippen LogP contribution in [0.3, 0.4) is 0 Å². The zero-order valence-electron chi connectivity index (χ0n) is 48.8. The van der Waals surface area contributed by atoms with Gasteiger partial charge in [-0.05, 0) is 88.2 Å². The Bertz CT molecular complexity index is 2750. The Morgan fingerprint density at radius 2 is 1.70 bits per heavy atom. The van der Waals surface area contributed by atoms with E-state index in [0.717, 1.165) is 17.4 Å². The molecule has 3 aliphatic heterocycles. The van der Waals surface area contributed by atoms with Crippen molar-refractivity contribution in [1.82, 2.24) is 26.6 Å². The van der Waals surface area contributed by atoms with E-state index in [-0.39, 0.29) is 66.2 Å². The van der Waals surface area contributed by atoms with Gasteiger partial charge in [0.15, 0.2) is 5.72 Å². The molecule has 464 valence electrons. The number of rotatable bonds is 25. The number of anilines is 3. The van der Waals surface area contributed by atoms with Gasteiger partial charge in [-0.1, -0.05) is 94.5 Å². The molecule has 3 aliphatic rings. The summed E-state index contributed by atoms with van der Waals surface area (Å²) >= 11 is 13.6. The van der Waals surface area contributed by atoms with Crippen molar-refractivity contribution in [2.75, 3.05) is 67.7 Å². The minimum atomic E-state index is -1.91. The molecule has 84 heavy (non-hydrogen) atoms. The third kappa shape index (κ3) is 18.5. The van der Waals surface area contributed by atoms with Gasteiger partial charge in [-0.2, -0.15) is 0 Å². The Hall–Kier alpha value is -6.03. The molecule has 0 unspecified atom stereocenters. The fourth-order valence-corrected chi connectivity index (χ4v) is 11.9. The number of ether oxygens (including phenoxy) is 6. The van der Waals surface area contributed by atoms with Crippen molar-refractivity contribution in [1.29, 1.82) is 0 Å². The molecule has 0 saturated carbocycles. The number of aldehydes is 1. The molecule has 2 aromatic carbocycles. The van der Waals surface area contributed by atoms with Gasteiger partial charge in [0, 0.05) is 61.9 Å². The highest BCUT2D eigenvalue weighted by atomic mass is 79.9. The highest BCUT2D eigenvalue weighted by Gasteiger charge is 2.64. The number of hydrogen-bond acceptors (Lipinski definition) is 16. The fraction of sp³-hybridized carbons (Fsp3) is 0.579. The lowest BCUT2D eigenvalue weighted by Gasteiger charge is -2.42. The molecule has 5 rings (SSSR count).